The molecule has 1 amide bonds. The average Bonchev–Trinajstić information content (AvgIpc) is 2.26. The maximum absolute atomic E-state index is 11.8. The standard InChI is InChI=1S/C15H28N2O3/c1-11(2)6-4-7-12(3)17-13(18)10-16-15(14(19)20)8-5-9-15/h11-12,16H,4-10H2,1-3H3,(H,17,18)(H,19,20). The molecule has 5 heteroatoms. The first-order valence-corrected chi connectivity index (χ1v) is 7.63. The Morgan fingerprint density at radius 2 is 1.85 bits per heavy atom. The first-order valence-electron chi connectivity index (χ1n) is 7.63. The molecule has 0 aromatic carbocycles. The summed E-state index contributed by atoms with van der Waals surface area (Å²) in [5.74, 6) is -0.273. The summed E-state index contributed by atoms with van der Waals surface area (Å²) >= 11 is 0. The molecule has 0 bridgehead atoms. The molecule has 1 aliphatic rings. The minimum atomic E-state index is -0.863. The van der Waals surface area contributed by atoms with Crippen LogP contribution in [-0.2, 0) is 9.59 Å². The normalized spacial score (nSPS) is 18.4. The molecule has 1 saturated carbocycles. The molecule has 0 aliphatic heterocycles. The van der Waals surface area contributed by atoms with Crippen molar-refractivity contribution in [1.82, 2.24) is 10.6 Å². The maximum Gasteiger partial charge on any atom is 0.323 e. The van der Waals surface area contributed by atoms with Gasteiger partial charge in [-0.15, -0.1) is 0 Å². The lowest BCUT2D eigenvalue weighted by Gasteiger charge is -2.38. The van der Waals surface area contributed by atoms with E-state index in [2.05, 4.69) is 24.5 Å². The third kappa shape index (κ3) is 5.12. The third-order valence-electron chi connectivity index (χ3n) is 4.03. The minimum absolute atomic E-state index is 0.0841. The maximum atomic E-state index is 11.8. The first-order chi connectivity index (χ1) is 9.35. The number of hydrogen-bond acceptors (Lipinski definition) is 3. The van der Waals surface area contributed by atoms with Crippen LogP contribution in [-0.4, -0.2) is 35.1 Å². The molecular weight excluding hydrogens is 256 g/mol. The van der Waals surface area contributed by atoms with E-state index in [1.54, 1.807) is 0 Å². The second kappa shape index (κ2) is 7.62. The van der Waals surface area contributed by atoms with Crippen molar-refractivity contribution < 1.29 is 14.7 Å². The fourth-order valence-corrected chi connectivity index (χ4v) is 2.48. The first kappa shape index (κ1) is 17.0. The summed E-state index contributed by atoms with van der Waals surface area (Å²) in [6, 6.07) is 0.144. The molecular formula is C15H28N2O3. The van der Waals surface area contributed by atoms with E-state index in [0.29, 0.717) is 18.8 Å². The lowest BCUT2D eigenvalue weighted by Crippen LogP contribution is -2.59. The topological polar surface area (TPSA) is 78.4 Å². The largest absolute Gasteiger partial charge is 0.480 e. The van der Waals surface area contributed by atoms with Gasteiger partial charge in [0.15, 0.2) is 0 Å². The molecule has 1 rings (SSSR count). The smallest absolute Gasteiger partial charge is 0.323 e. The summed E-state index contributed by atoms with van der Waals surface area (Å²) in [6.07, 6.45) is 5.37. The van der Waals surface area contributed by atoms with E-state index < -0.39 is 11.5 Å². The Labute approximate surface area is 121 Å². The van der Waals surface area contributed by atoms with E-state index >= 15 is 0 Å². The summed E-state index contributed by atoms with van der Waals surface area (Å²) in [5.41, 5.74) is -0.863. The molecule has 1 atom stereocenters. The highest BCUT2D eigenvalue weighted by atomic mass is 16.4. The average molecular weight is 284 g/mol. The van der Waals surface area contributed by atoms with Crippen LogP contribution in [0.2, 0.25) is 0 Å². The molecule has 0 heterocycles. The van der Waals surface area contributed by atoms with Crippen molar-refractivity contribution in [3.8, 4) is 0 Å². The van der Waals surface area contributed by atoms with Crippen LogP contribution in [0.1, 0.15) is 59.3 Å². The predicted octanol–water partition coefficient (Wildman–Crippen LogP) is 1.91. The van der Waals surface area contributed by atoms with Crippen LogP contribution in [0, 0.1) is 5.92 Å². The van der Waals surface area contributed by atoms with Crippen LogP contribution in [0.3, 0.4) is 0 Å². The zero-order valence-electron chi connectivity index (χ0n) is 12.9. The Kier molecular flexibility index (Phi) is 6.46. The van der Waals surface area contributed by atoms with Gasteiger partial charge in [-0.05, 0) is 38.5 Å². The van der Waals surface area contributed by atoms with Gasteiger partial charge in [-0.25, -0.2) is 0 Å². The summed E-state index contributed by atoms with van der Waals surface area (Å²) in [4.78, 5) is 22.9. The van der Waals surface area contributed by atoms with Crippen molar-refractivity contribution in [1.29, 1.82) is 0 Å². The van der Waals surface area contributed by atoms with Crippen LogP contribution in [0.25, 0.3) is 0 Å². The Balaban J connectivity index is 2.21. The van der Waals surface area contributed by atoms with Gasteiger partial charge in [0.05, 0.1) is 6.54 Å². The molecule has 0 aromatic heterocycles. The number of rotatable bonds is 9. The summed E-state index contributed by atoms with van der Waals surface area (Å²) < 4.78 is 0. The lowest BCUT2D eigenvalue weighted by molar-refractivity contribution is -0.149. The number of carbonyl (C=O) groups excluding carboxylic acids is 1. The summed E-state index contributed by atoms with van der Waals surface area (Å²) in [7, 11) is 0. The fourth-order valence-electron chi connectivity index (χ4n) is 2.48. The molecule has 0 saturated heterocycles. The number of carboxylic acid groups (broad SMARTS) is 1. The monoisotopic (exact) mass is 284 g/mol. The predicted molar refractivity (Wildman–Crippen MR) is 78.5 cm³/mol. The Hall–Kier alpha value is -1.10. The van der Waals surface area contributed by atoms with Gasteiger partial charge in [-0.1, -0.05) is 26.7 Å². The number of aliphatic carboxylic acids is 1. The highest BCUT2D eigenvalue weighted by molar-refractivity contribution is 5.83. The Bertz CT molecular complexity index is 338. The van der Waals surface area contributed by atoms with E-state index in [0.717, 1.165) is 19.3 Å². The van der Waals surface area contributed by atoms with Crippen molar-refractivity contribution in [2.75, 3.05) is 6.54 Å². The molecule has 0 aromatic rings. The molecule has 1 aliphatic carbocycles. The molecule has 20 heavy (non-hydrogen) atoms. The highest BCUT2D eigenvalue weighted by Gasteiger charge is 2.44. The Morgan fingerprint density at radius 1 is 1.20 bits per heavy atom. The quantitative estimate of drug-likeness (QED) is 0.604. The van der Waals surface area contributed by atoms with Crippen molar-refractivity contribution in [2.45, 2.75) is 70.9 Å². The van der Waals surface area contributed by atoms with Gasteiger partial charge in [0.25, 0.3) is 0 Å². The zero-order valence-corrected chi connectivity index (χ0v) is 12.9. The summed E-state index contributed by atoms with van der Waals surface area (Å²) in [5, 5.41) is 15.0. The number of hydrogen-bond donors (Lipinski definition) is 3. The lowest BCUT2D eigenvalue weighted by atomic mass is 9.77. The van der Waals surface area contributed by atoms with Crippen molar-refractivity contribution in [3.63, 3.8) is 0 Å². The third-order valence-corrected chi connectivity index (χ3v) is 4.03. The van der Waals surface area contributed by atoms with Crippen molar-refractivity contribution in [3.05, 3.63) is 0 Å². The number of amides is 1. The van der Waals surface area contributed by atoms with E-state index in [4.69, 9.17) is 5.11 Å². The van der Waals surface area contributed by atoms with Gasteiger partial charge in [-0.2, -0.15) is 0 Å². The molecule has 5 nitrogen and oxygen atoms in total. The molecule has 116 valence electrons. The number of nitrogens with one attached hydrogen (secondary N) is 2. The zero-order chi connectivity index (χ0) is 15.2. The van der Waals surface area contributed by atoms with Gasteiger partial charge >= 0.3 is 5.97 Å². The van der Waals surface area contributed by atoms with E-state index in [1.807, 2.05) is 6.92 Å². The fraction of sp³-hybridized carbons (Fsp3) is 0.867. The SMILES string of the molecule is CC(C)CCCC(C)NC(=O)CNC1(C(=O)O)CCC1. The highest BCUT2D eigenvalue weighted by Crippen LogP contribution is 2.31. The molecule has 1 unspecified atom stereocenters. The van der Waals surface area contributed by atoms with Crippen LogP contribution in [0.4, 0.5) is 0 Å². The molecule has 3 N–H and O–H groups in total. The van der Waals surface area contributed by atoms with Gasteiger partial charge in [0, 0.05) is 6.04 Å². The van der Waals surface area contributed by atoms with Gasteiger partial charge in [0.2, 0.25) is 5.91 Å². The van der Waals surface area contributed by atoms with E-state index in [-0.39, 0.29) is 18.5 Å². The molecule has 0 spiro atoms. The second-order valence-electron chi connectivity index (χ2n) is 6.39. The van der Waals surface area contributed by atoms with Gasteiger partial charge in [0.1, 0.15) is 5.54 Å². The van der Waals surface area contributed by atoms with Crippen LogP contribution in [0.15, 0.2) is 0 Å². The van der Waals surface area contributed by atoms with Crippen LogP contribution in [0.5, 0.6) is 0 Å². The van der Waals surface area contributed by atoms with E-state index in [1.165, 1.54) is 6.42 Å². The van der Waals surface area contributed by atoms with Crippen molar-refractivity contribution in [2.24, 2.45) is 5.92 Å². The van der Waals surface area contributed by atoms with E-state index in [9.17, 15) is 9.59 Å². The van der Waals surface area contributed by atoms with Crippen molar-refractivity contribution >= 4 is 11.9 Å². The minimum Gasteiger partial charge on any atom is -0.480 e. The number of carboxylic acids is 1. The molecule has 0 radical (unpaired) electrons. The number of carbonyl (C=O) groups is 2. The Morgan fingerprint density at radius 3 is 2.30 bits per heavy atom. The van der Waals surface area contributed by atoms with Gasteiger partial charge < -0.3 is 10.4 Å². The molecule has 1 fully saturated rings. The van der Waals surface area contributed by atoms with Crippen LogP contribution < -0.4 is 10.6 Å². The second-order valence-corrected chi connectivity index (χ2v) is 6.39. The van der Waals surface area contributed by atoms with Crippen LogP contribution >= 0.6 is 0 Å². The summed E-state index contributed by atoms with van der Waals surface area (Å²) in [6.45, 7) is 6.46. The van der Waals surface area contributed by atoms with Gasteiger partial charge in [-0.3, -0.25) is 14.9 Å².